The molecule has 2 aromatic heterocycles. The maximum atomic E-state index is 5.90. The lowest BCUT2D eigenvalue weighted by atomic mass is 9.94. The molecule has 0 bridgehead atoms. The highest BCUT2D eigenvalue weighted by Gasteiger charge is 2.12. The summed E-state index contributed by atoms with van der Waals surface area (Å²) in [6, 6.07) is 10.5. The summed E-state index contributed by atoms with van der Waals surface area (Å²) in [5.41, 5.74) is 5.16. The average Bonchev–Trinajstić information content (AvgIpc) is 2.89. The third-order valence-corrected chi connectivity index (χ3v) is 3.75. The number of aromatic nitrogens is 2. The molecule has 120 valence electrons. The van der Waals surface area contributed by atoms with Gasteiger partial charge < -0.3 is 4.42 Å². The molecule has 1 aromatic carbocycles. The minimum Gasteiger partial charge on any atom is -0.434 e. The second-order valence-electron chi connectivity index (χ2n) is 7.08. The maximum absolute atomic E-state index is 5.90. The van der Waals surface area contributed by atoms with Crippen molar-refractivity contribution >= 4 is 11.2 Å². The molecule has 0 aliphatic carbocycles. The zero-order valence-electron chi connectivity index (χ0n) is 14.3. The van der Waals surface area contributed by atoms with E-state index in [0.717, 1.165) is 24.0 Å². The number of fused-ring (bicyclic) bond motifs is 1. The quantitative estimate of drug-likeness (QED) is 0.643. The van der Waals surface area contributed by atoms with Crippen LogP contribution in [0.3, 0.4) is 0 Å². The number of hydrogen-bond donors (Lipinski definition) is 0. The lowest BCUT2D eigenvalue weighted by molar-refractivity contribution is 0.616. The summed E-state index contributed by atoms with van der Waals surface area (Å²) < 4.78 is 5.90. The fourth-order valence-corrected chi connectivity index (χ4v) is 2.96. The van der Waals surface area contributed by atoms with Gasteiger partial charge in [0.05, 0.1) is 0 Å². The number of nitrogens with zero attached hydrogens (tertiary/aromatic N) is 2. The van der Waals surface area contributed by atoms with Crippen LogP contribution in [0.1, 0.15) is 38.8 Å². The second-order valence-corrected chi connectivity index (χ2v) is 7.08. The van der Waals surface area contributed by atoms with Gasteiger partial charge in [0, 0.05) is 11.8 Å². The van der Waals surface area contributed by atoms with Gasteiger partial charge in [-0.05, 0) is 60.1 Å². The summed E-state index contributed by atoms with van der Waals surface area (Å²) in [6.07, 6.45) is 3.88. The molecule has 0 aliphatic heterocycles. The molecule has 3 rings (SSSR count). The van der Waals surface area contributed by atoms with Gasteiger partial charge in [-0.2, -0.15) is 4.98 Å². The Balaban J connectivity index is 2.05. The smallest absolute Gasteiger partial charge is 0.228 e. The topological polar surface area (TPSA) is 38.9 Å². The first-order chi connectivity index (χ1) is 11.0. The van der Waals surface area contributed by atoms with Crippen LogP contribution in [-0.4, -0.2) is 9.97 Å². The molecule has 0 fully saturated rings. The van der Waals surface area contributed by atoms with Crippen molar-refractivity contribution in [3.05, 3.63) is 47.7 Å². The minimum absolute atomic E-state index is 0.627. The molecule has 0 amide bonds. The lowest BCUT2D eigenvalue weighted by Gasteiger charge is -2.11. The van der Waals surface area contributed by atoms with E-state index in [2.05, 4.69) is 55.9 Å². The van der Waals surface area contributed by atoms with E-state index in [4.69, 9.17) is 4.42 Å². The van der Waals surface area contributed by atoms with E-state index in [9.17, 15) is 0 Å². The molecule has 3 heteroatoms. The number of benzene rings is 1. The number of oxazole rings is 1. The van der Waals surface area contributed by atoms with Crippen molar-refractivity contribution in [3.63, 3.8) is 0 Å². The van der Waals surface area contributed by atoms with Gasteiger partial charge in [-0.1, -0.05) is 33.8 Å². The predicted octanol–water partition coefficient (Wildman–Crippen LogP) is 5.29. The molecule has 0 saturated carbocycles. The van der Waals surface area contributed by atoms with Crippen LogP contribution in [0.25, 0.3) is 22.7 Å². The lowest BCUT2D eigenvalue weighted by Crippen LogP contribution is -1.99. The molecule has 0 N–H and O–H groups in total. The molecular formula is C20H24N2O. The van der Waals surface area contributed by atoms with Crippen molar-refractivity contribution in [2.45, 2.75) is 40.5 Å². The fraction of sp³-hybridized carbons (Fsp3) is 0.400. The number of hydrogen-bond acceptors (Lipinski definition) is 3. The Bertz CT molecular complexity index is 741. The highest BCUT2D eigenvalue weighted by molar-refractivity contribution is 5.72. The summed E-state index contributed by atoms with van der Waals surface area (Å²) in [5, 5.41) is 0. The monoisotopic (exact) mass is 308 g/mol. The standard InChI is InChI=1S/C20H24N2O/c1-13(2)8-15-10-16(9-14(3)4)12-17(11-15)20-22-19-18(23-20)6-5-7-21-19/h5-7,10-14H,8-9H2,1-4H3. The van der Waals surface area contributed by atoms with E-state index >= 15 is 0 Å². The van der Waals surface area contributed by atoms with E-state index in [1.165, 1.54) is 11.1 Å². The van der Waals surface area contributed by atoms with Crippen molar-refractivity contribution in [2.75, 3.05) is 0 Å². The SMILES string of the molecule is CC(C)Cc1cc(CC(C)C)cc(-c2nc3ncccc3o2)c1. The summed E-state index contributed by atoms with van der Waals surface area (Å²) in [6.45, 7) is 8.99. The van der Waals surface area contributed by atoms with Gasteiger partial charge in [0.15, 0.2) is 11.2 Å². The van der Waals surface area contributed by atoms with Crippen LogP contribution in [0.2, 0.25) is 0 Å². The van der Waals surface area contributed by atoms with Crippen molar-refractivity contribution in [1.82, 2.24) is 9.97 Å². The first-order valence-electron chi connectivity index (χ1n) is 8.36. The second kappa shape index (κ2) is 6.53. The molecule has 3 nitrogen and oxygen atoms in total. The van der Waals surface area contributed by atoms with E-state index in [-0.39, 0.29) is 0 Å². The Labute approximate surface area is 137 Å². The van der Waals surface area contributed by atoms with Crippen LogP contribution in [0, 0.1) is 11.8 Å². The van der Waals surface area contributed by atoms with Gasteiger partial charge in [-0.25, -0.2) is 4.98 Å². The highest BCUT2D eigenvalue weighted by Crippen LogP contribution is 2.27. The highest BCUT2D eigenvalue weighted by atomic mass is 16.3. The minimum atomic E-state index is 0.627. The van der Waals surface area contributed by atoms with Gasteiger partial charge in [-0.15, -0.1) is 0 Å². The van der Waals surface area contributed by atoms with Crippen LogP contribution >= 0.6 is 0 Å². The van der Waals surface area contributed by atoms with Crippen LogP contribution in [0.15, 0.2) is 40.9 Å². The normalized spacial score (nSPS) is 11.7. The predicted molar refractivity (Wildman–Crippen MR) is 94.3 cm³/mol. The van der Waals surface area contributed by atoms with Crippen LogP contribution < -0.4 is 0 Å². The third-order valence-electron chi connectivity index (χ3n) is 3.75. The van der Waals surface area contributed by atoms with E-state index in [1.54, 1.807) is 6.20 Å². The van der Waals surface area contributed by atoms with Crippen molar-refractivity contribution < 1.29 is 4.42 Å². The Morgan fingerprint density at radius 3 is 2.17 bits per heavy atom. The van der Waals surface area contributed by atoms with Gasteiger partial charge in [-0.3, -0.25) is 0 Å². The summed E-state index contributed by atoms with van der Waals surface area (Å²) in [7, 11) is 0. The molecule has 3 aromatic rings. The largest absolute Gasteiger partial charge is 0.434 e. The van der Waals surface area contributed by atoms with Crippen LogP contribution in [-0.2, 0) is 12.8 Å². The summed E-state index contributed by atoms with van der Waals surface area (Å²) >= 11 is 0. The Hall–Kier alpha value is -2.16. The van der Waals surface area contributed by atoms with Crippen molar-refractivity contribution in [1.29, 1.82) is 0 Å². The van der Waals surface area contributed by atoms with Gasteiger partial charge >= 0.3 is 0 Å². The van der Waals surface area contributed by atoms with Crippen molar-refractivity contribution in [3.8, 4) is 11.5 Å². The van der Waals surface area contributed by atoms with Gasteiger partial charge in [0.25, 0.3) is 0 Å². The molecule has 23 heavy (non-hydrogen) atoms. The maximum Gasteiger partial charge on any atom is 0.228 e. The molecule has 0 radical (unpaired) electrons. The Kier molecular flexibility index (Phi) is 4.46. The number of pyridine rings is 1. The van der Waals surface area contributed by atoms with E-state index in [1.807, 2.05) is 12.1 Å². The van der Waals surface area contributed by atoms with E-state index < -0.39 is 0 Å². The molecule has 0 unspecified atom stereocenters. The molecule has 0 spiro atoms. The van der Waals surface area contributed by atoms with Crippen molar-refractivity contribution in [2.24, 2.45) is 11.8 Å². The molecule has 0 atom stereocenters. The van der Waals surface area contributed by atoms with Gasteiger partial charge in [0.2, 0.25) is 5.89 Å². The summed E-state index contributed by atoms with van der Waals surface area (Å²) in [4.78, 5) is 8.81. The number of rotatable bonds is 5. The zero-order valence-corrected chi connectivity index (χ0v) is 14.3. The first kappa shape index (κ1) is 15.7. The van der Waals surface area contributed by atoms with E-state index in [0.29, 0.717) is 23.4 Å². The molecule has 0 saturated heterocycles. The first-order valence-corrected chi connectivity index (χ1v) is 8.36. The Morgan fingerprint density at radius 1 is 0.957 bits per heavy atom. The van der Waals surface area contributed by atoms with Gasteiger partial charge in [0.1, 0.15) is 0 Å². The molecule has 0 aliphatic rings. The summed E-state index contributed by atoms with van der Waals surface area (Å²) in [5.74, 6) is 1.92. The average molecular weight is 308 g/mol. The van der Waals surface area contributed by atoms with Crippen LogP contribution in [0.4, 0.5) is 0 Å². The Morgan fingerprint density at radius 2 is 1.61 bits per heavy atom. The fourth-order valence-electron chi connectivity index (χ4n) is 2.96. The van der Waals surface area contributed by atoms with Crippen LogP contribution in [0.5, 0.6) is 0 Å². The molecular weight excluding hydrogens is 284 g/mol. The third kappa shape index (κ3) is 3.79. The zero-order chi connectivity index (χ0) is 16.4. The molecule has 2 heterocycles.